The molecular weight excluding hydrogens is 849 g/mol. The maximum Gasteiger partial charge on any atom is 0.0709 e. The molecule has 4 heteroatoms. The van der Waals surface area contributed by atoms with E-state index < -0.39 is 0 Å². The highest BCUT2D eigenvalue weighted by Gasteiger charge is 2.23. The van der Waals surface area contributed by atoms with Crippen LogP contribution in [0.2, 0.25) is 0 Å². The molecule has 326 valence electrons. The Bertz CT molecular complexity index is 4590. The minimum Gasteiger partial charge on any atom is -0.309 e. The van der Waals surface area contributed by atoms with Gasteiger partial charge in [-0.25, -0.2) is 0 Å². The lowest BCUT2D eigenvalue weighted by Crippen LogP contribution is -2.08. The van der Waals surface area contributed by atoms with Crippen LogP contribution in [0.4, 0.5) is 0 Å². The number of hydrogen-bond donors (Lipinski definition) is 0. The van der Waals surface area contributed by atoms with E-state index in [1.165, 1.54) is 86.7 Å². The molecule has 0 aliphatic rings. The topological polar surface area (TPSA) is 19.7 Å². The van der Waals surface area contributed by atoms with Gasteiger partial charge in [0.05, 0.1) is 55.5 Å². The lowest BCUT2D eigenvalue weighted by atomic mass is 9.92. The quantitative estimate of drug-likeness (QED) is 0.157. The molecule has 0 N–H and O–H groups in total. The second-order valence-corrected chi connectivity index (χ2v) is 18.4. The molecule has 4 nitrogen and oxygen atoms in total. The van der Waals surface area contributed by atoms with Crippen molar-refractivity contribution >= 4 is 109 Å². The summed E-state index contributed by atoms with van der Waals surface area (Å²) >= 11 is 0. The molecule has 0 aliphatic heterocycles. The van der Waals surface area contributed by atoms with Gasteiger partial charge in [0.2, 0.25) is 0 Å². The van der Waals surface area contributed by atoms with Gasteiger partial charge < -0.3 is 18.3 Å². The second-order valence-electron chi connectivity index (χ2n) is 18.4. The van der Waals surface area contributed by atoms with E-state index in [1.54, 1.807) is 0 Å². The molecule has 3 aromatic heterocycles. The van der Waals surface area contributed by atoms with E-state index in [4.69, 9.17) is 0 Å². The molecule has 15 rings (SSSR count). The molecule has 0 saturated heterocycles. The Kier molecular flexibility index (Phi) is 8.33. The van der Waals surface area contributed by atoms with Crippen LogP contribution in [0.5, 0.6) is 0 Å². The molecule has 0 amide bonds. The van der Waals surface area contributed by atoms with Crippen LogP contribution >= 0.6 is 0 Å². The maximum absolute atomic E-state index is 2.52. The average molecular weight is 891 g/mol. The highest BCUT2D eigenvalue weighted by molar-refractivity contribution is 6.31. The molecule has 15 aromatic rings. The summed E-state index contributed by atoms with van der Waals surface area (Å²) in [6, 6.07) is 94.0. The molecule has 12 aromatic carbocycles. The van der Waals surface area contributed by atoms with Gasteiger partial charge >= 0.3 is 0 Å². The highest BCUT2D eigenvalue weighted by Crippen LogP contribution is 2.46. The lowest BCUT2D eigenvalue weighted by Gasteiger charge is -2.23. The summed E-state index contributed by atoms with van der Waals surface area (Å²) in [7, 11) is 0. The standard InChI is InChI=1S/C66H42N4/c1-3-21-43(22-4-1)67-59-37-17-18-38-60(59)68(44-23-5-2-6-24-44)64-42-54-52-32-20-40-62(70-57-35-15-11-29-49(57)50-30-12-16-36-58(50)70)66(52)65-51(45-25-7-8-26-46(45)53(54)41-63(64)67)31-19-39-61(65)69-55-33-13-9-27-47(55)48-28-10-14-34-56(48)69/h1-42H. The van der Waals surface area contributed by atoms with Gasteiger partial charge in [0.1, 0.15) is 0 Å². The molecule has 0 saturated carbocycles. The second kappa shape index (κ2) is 15.1. The summed E-state index contributed by atoms with van der Waals surface area (Å²) < 4.78 is 9.95. The van der Waals surface area contributed by atoms with E-state index in [2.05, 4.69) is 273 Å². The number of aromatic nitrogens is 4. The normalized spacial score (nSPS) is 12.0. The van der Waals surface area contributed by atoms with Crippen LogP contribution in [-0.4, -0.2) is 18.3 Å². The van der Waals surface area contributed by atoms with Gasteiger partial charge in [0, 0.05) is 43.7 Å². The molecule has 0 atom stereocenters. The van der Waals surface area contributed by atoms with Crippen molar-refractivity contribution in [3.63, 3.8) is 0 Å². The predicted octanol–water partition coefficient (Wildman–Crippen LogP) is 17.5. The van der Waals surface area contributed by atoms with E-state index in [9.17, 15) is 0 Å². The zero-order chi connectivity index (χ0) is 45.9. The average Bonchev–Trinajstić information content (AvgIpc) is 3.95. The van der Waals surface area contributed by atoms with Crippen LogP contribution < -0.4 is 0 Å². The Morgan fingerprint density at radius 1 is 0.171 bits per heavy atom. The van der Waals surface area contributed by atoms with Crippen molar-refractivity contribution < 1.29 is 0 Å². The fraction of sp³-hybridized carbons (Fsp3) is 0. The van der Waals surface area contributed by atoms with Crippen molar-refractivity contribution in [1.82, 2.24) is 18.3 Å². The third kappa shape index (κ3) is 5.47. The van der Waals surface area contributed by atoms with Crippen LogP contribution in [0.1, 0.15) is 0 Å². The Morgan fingerprint density at radius 2 is 0.457 bits per heavy atom. The first-order chi connectivity index (χ1) is 34.8. The van der Waals surface area contributed by atoms with Crippen molar-refractivity contribution in [2.45, 2.75) is 0 Å². The van der Waals surface area contributed by atoms with Gasteiger partial charge in [-0.2, -0.15) is 0 Å². The first-order valence-electron chi connectivity index (χ1n) is 24.1. The fourth-order valence-corrected chi connectivity index (χ4v) is 11.9. The van der Waals surface area contributed by atoms with Crippen LogP contribution in [0.25, 0.3) is 132 Å². The summed E-state index contributed by atoms with van der Waals surface area (Å²) in [6.07, 6.45) is 0. The molecule has 70 heavy (non-hydrogen) atoms. The molecule has 3 heterocycles. The van der Waals surface area contributed by atoms with Crippen molar-refractivity contribution in [2.24, 2.45) is 0 Å². The van der Waals surface area contributed by atoms with Crippen molar-refractivity contribution in [3.8, 4) is 22.7 Å². The largest absolute Gasteiger partial charge is 0.309 e. The van der Waals surface area contributed by atoms with Crippen LogP contribution in [0, 0.1) is 0 Å². The van der Waals surface area contributed by atoms with E-state index in [1.807, 2.05) is 0 Å². The van der Waals surface area contributed by atoms with Crippen molar-refractivity contribution in [2.75, 3.05) is 0 Å². The number of fused-ring (bicyclic) bond motifs is 16. The molecule has 0 fully saturated rings. The van der Waals surface area contributed by atoms with Gasteiger partial charge in [-0.3, -0.25) is 0 Å². The summed E-state index contributed by atoms with van der Waals surface area (Å²) in [5.74, 6) is 0. The molecular formula is C66H42N4. The zero-order valence-corrected chi connectivity index (χ0v) is 38.0. The molecule has 0 radical (unpaired) electrons. The minimum absolute atomic E-state index is 1.10. The first kappa shape index (κ1) is 38.7. The Labute approximate surface area is 402 Å². The van der Waals surface area contributed by atoms with Gasteiger partial charge in [-0.15, -0.1) is 0 Å². The third-order valence-electron chi connectivity index (χ3n) is 14.8. The Morgan fingerprint density at radius 3 is 0.857 bits per heavy atom. The van der Waals surface area contributed by atoms with Gasteiger partial charge in [0.15, 0.2) is 0 Å². The number of para-hydroxylation sites is 8. The van der Waals surface area contributed by atoms with Gasteiger partial charge in [-0.05, 0) is 117 Å². The summed E-state index contributed by atoms with van der Waals surface area (Å²) in [4.78, 5) is 0. The zero-order valence-electron chi connectivity index (χ0n) is 38.0. The summed E-state index contributed by atoms with van der Waals surface area (Å²) in [5.41, 5.74) is 13.6. The van der Waals surface area contributed by atoms with Crippen LogP contribution in [0.15, 0.2) is 255 Å². The van der Waals surface area contributed by atoms with Crippen molar-refractivity contribution in [3.05, 3.63) is 255 Å². The third-order valence-corrected chi connectivity index (χ3v) is 14.8. The Hall–Kier alpha value is -9.38. The summed E-state index contributed by atoms with van der Waals surface area (Å²) in [5, 5.41) is 14.4. The SMILES string of the molecule is c1ccc(-n2c3ccccc3n(-c3ccccc3)c3cc4c(cc32)c2ccccc2c2cccc(-n3c5ccccc5c5ccccc53)c2c2c(-n3c5ccccc5c5ccccc53)cccc42)cc1. The van der Waals surface area contributed by atoms with Crippen LogP contribution in [-0.2, 0) is 0 Å². The predicted molar refractivity (Wildman–Crippen MR) is 296 cm³/mol. The van der Waals surface area contributed by atoms with Gasteiger partial charge in [0.25, 0.3) is 0 Å². The van der Waals surface area contributed by atoms with Crippen LogP contribution in [0.3, 0.4) is 0 Å². The van der Waals surface area contributed by atoms with E-state index in [0.717, 1.165) is 44.8 Å². The smallest absolute Gasteiger partial charge is 0.0709 e. The number of hydrogen-bond acceptors (Lipinski definition) is 0. The Balaban J connectivity index is 1.25. The number of nitrogens with zero attached hydrogens (tertiary/aromatic N) is 4. The van der Waals surface area contributed by atoms with Crippen molar-refractivity contribution in [1.29, 1.82) is 0 Å². The van der Waals surface area contributed by atoms with E-state index in [0.29, 0.717) is 0 Å². The number of benzene rings is 11. The molecule has 0 aliphatic carbocycles. The minimum atomic E-state index is 1.10. The summed E-state index contributed by atoms with van der Waals surface area (Å²) in [6.45, 7) is 0. The maximum atomic E-state index is 2.52. The molecule has 0 bridgehead atoms. The van der Waals surface area contributed by atoms with E-state index >= 15 is 0 Å². The number of rotatable bonds is 4. The molecule has 0 unspecified atom stereocenters. The monoisotopic (exact) mass is 890 g/mol. The van der Waals surface area contributed by atoms with E-state index in [-0.39, 0.29) is 0 Å². The fourth-order valence-electron chi connectivity index (χ4n) is 11.9. The molecule has 0 spiro atoms. The first-order valence-corrected chi connectivity index (χ1v) is 24.1. The van der Waals surface area contributed by atoms with Gasteiger partial charge in [-0.1, -0.05) is 170 Å². The lowest BCUT2D eigenvalue weighted by molar-refractivity contribution is 1.09. The highest BCUT2D eigenvalue weighted by atomic mass is 15.1.